The van der Waals surface area contributed by atoms with Gasteiger partial charge in [0.1, 0.15) is 0 Å². The van der Waals surface area contributed by atoms with Gasteiger partial charge in [0.25, 0.3) is 5.91 Å². The SMILES string of the molecule is CCC(CCCl)NC(=O)c1ccccc1Cl. The summed E-state index contributed by atoms with van der Waals surface area (Å²) in [5, 5.41) is 3.39. The molecule has 0 saturated carbocycles. The molecule has 0 bridgehead atoms. The molecule has 0 radical (unpaired) electrons. The molecule has 4 heteroatoms. The van der Waals surface area contributed by atoms with Crippen molar-refractivity contribution in [3.63, 3.8) is 0 Å². The van der Waals surface area contributed by atoms with Crippen molar-refractivity contribution in [2.24, 2.45) is 0 Å². The molecule has 0 heterocycles. The van der Waals surface area contributed by atoms with E-state index < -0.39 is 0 Å². The Hall–Kier alpha value is -0.730. The molecule has 1 amide bonds. The Kier molecular flexibility index (Phi) is 5.64. The second kappa shape index (κ2) is 6.77. The second-order valence-electron chi connectivity index (χ2n) is 3.54. The molecule has 2 nitrogen and oxygen atoms in total. The average Bonchev–Trinajstić information content (AvgIpc) is 2.28. The number of amides is 1. The predicted molar refractivity (Wildman–Crippen MR) is 68.3 cm³/mol. The molecule has 0 aliphatic carbocycles. The van der Waals surface area contributed by atoms with Gasteiger partial charge in [-0.3, -0.25) is 4.79 Å². The van der Waals surface area contributed by atoms with Gasteiger partial charge in [0.15, 0.2) is 0 Å². The van der Waals surface area contributed by atoms with Gasteiger partial charge in [0.2, 0.25) is 0 Å². The fraction of sp³-hybridized carbons (Fsp3) is 0.417. The lowest BCUT2D eigenvalue weighted by Gasteiger charge is -2.15. The summed E-state index contributed by atoms with van der Waals surface area (Å²) in [4.78, 5) is 11.9. The molecule has 0 aliphatic heterocycles. The van der Waals surface area contributed by atoms with Crippen LogP contribution >= 0.6 is 23.2 Å². The molecule has 88 valence electrons. The van der Waals surface area contributed by atoms with Crippen LogP contribution in [0.1, 0.15) is 30.1 Å². The Morgan fingerprint density at radius 2 is 2.12 bits per heavy atom. The van der Waals surface area contributed by atoms with Gasteiger partial charge in [-0.1, -0.05) is 30.7 Å². The lowest BCUT2D eigenvalue weighted by molar-refractivity contribution is 0.0935. The van der Waals surface area contributed by atoms with Crippen LogP contribution in [0.5, 0.6) is 0 Å². The van der Waals surface area contributed by atoms with E-state index in [9.17, 15) is 4.79 Å². The first-order valence-electron chi connectivity index (χ1n) is 5.30. The number of rotatable bonds is 5. The van der Waals surface area contributed by atoms with Crippen molar-refractivity contribution in [3.05, 3.63) is 34.9 Å². The number of hydrogen-bond donors (Lipinski definition) is 1. The van der Waals surface area contributed by atoms with Crippen LogP contribution in [0, 0.1) is 0 Å². The Balaban J connectivity index is 2.68. The van der Waals surface area contributed by atoms with Crippen LogP contribution in [0.4, 0.5) is 0 Å². The van der Waals surface area contributed by atoms with Gasteiger partial charge < -0.3 is 5.32 Å². The number of alkyl halides is 1. The van der Waals surface area contributed by atoms with Crippen LogP contribution in [0.15, 0.2) is 24.3 Å². The van der Waals surface area contributed by atoms with Gasteiger partial charge in [-0.2, -0.15) is 0 Å². The monoisotopic (exact) mass is 259 g/mol. The average molecular weight is 260 g/mol. The molecule has 1 N–H and O–H groups in total. The van der Waals surface area contributed by atoms with Crippen molar-refractivity contribution in [3.8, 4) is 0 Å². The normalized spacial score (nSPS) is 12.2. The van der Waals surface area contributed by atoms with Gasteiger partial charge in [0, 0.05) is 11.9 Å². The van der Waals surface area contributed by atoms with E-state index in [0.29, 0.717) is 16.5 Å². The van der Waals surface area contributed by atoms with Crippen LogP contribution in [0.3, 0.4) is 0 Å². The Morgan fingerprint density at radius 1 is 1.44 bits per heavy atom. The van der Waals surface area contributed by atoms with Crippen molar-refractivity contribution < 1.29 is 4.79 Å². The minimum atomic E-state index is -0.137. The maximum atomic E-state index is 11.9. The van der Waals surface area contributed by atoms with Gasteiger partial charge in [0.05, 0.1) is 10.6 Å². The first-order valence-corrected chi connectivity index (χ1v) is 6.21. The molecular weight excluding hydrogens is 245 g/mol. The number of hydrogen-bond acceptors (Lipinski definition) is 1. The van der Waals surface area contributed by atoms with E-state index in [4.69, 9.17) is 23.2 Å². The third-order valence-electron chi connectivity index (χ3n) is 2.40. The summed E-state index contributed by atoms with van der Waals surface area (Å²) >= 11 is 11.6. The zero-order valence-corrected chi connectivity index (χ0v) is 10.7. The maximum absolute atomic E-state index is 11.9. The summed E-state index contributed by atoms with van der Waals surface area (Å²) in [6.07, 6.45) is 1.64. The van der Waals surface area contributed by atoms with Crippen LogP contribution in [-0.2, 0) is 0 Å². The first-order chi connectivity index (χ1) is 7.69. The Labute approximate surface area is 106 Å². The number of halogens is 2. The maximum Gasteiger partial charge on any atom is 0.253 e. The zero-order valence-electron chi connectivity index (χ0n) is 9.17. The van der Waals surface area contributed by atoms with E-state index in [0.717, 1.165) is 12.8 Å². The highest BCUT2D eigenvalue weighted by Gasteiger charge is 2.13. The molecule has 0 aromatic heterocycles. The highest BCUT2D eigenvalue weighted by molar-refractivity contribution is 6.33. The Morgan fingerprint density at radius 3 is 2.69 bits per heavy atom. The number of benzene rings is 1. The van der Waals surface area contributed by atoms with E-state index in [1.807, 2.05) is 6.92 Å². The Bertz CT molecular complexity index is 355. The lowest BCUT2D eigenvalue weighted by Crippen LogP contribution is -2.34. The van der Waals surface area contributed by atoms with Crippen LogP contribution < -0.4 is 5.32 Å². The molecule has 1 rings (SSSR count). The summed E-state index contributed by atoms with van der Waals surface area (Å²) in [6.45, 7) is 2.02. The van der Waals surface area contributed by atoms with Gasteiger partial charge >= 0.3 is 0 Å². The van der Waals surface area contributed by atoms with Crippen LogP contribution in [0.25, 0.3) is 0 Å². The molecule has 0 aliphatic rings. The van der Waals surface area contributed by atoms with Crippen LogP contribution in [0.2, 0.25) is 5.02 Å². The highest BCUT2D eigenvalue weighted by Crippen LogP contribution is 2.15. The van der Waals surface area contributed by atoms with Crippen molar-refractivity contribution >= 4 is 29.1 Å². The standard InChI is InChI=1S/C12H15Cl2NO/c1-2-9(7-8-13)15-12(16)10-5-3-4-6-11(10)14/h3-6,9H,2,7-8H2,1H3,(H,15,16). The number of nitrogens with one attached hydrogen (secondary N) is 1. The molecule has 1 unspecified atom stereocenters. The molecule has 1 aromatic rings. The lowest BCUT2D eigenvalue weighted by atomic mass is 10.1. The molecule has 1 atom stereocenters. The van der Waals surface area contributed by atoms with Gasteiger partial charge in [-0.05, 0) is 25.0 Å². The summed E-state index contributed by atoms with van der Waals surface area (Å²) in [7, 11) is 0. The van der Waals surface area contributed by atoms with E-state index >= 15 is 0 Å². The third kappa shape index (κ3) is 3.69. The topological polar surface area (TPSA) is 29.1 Å². The third-order valence-corrected chi connectivity index (χ3v) is 2.95. The molecular formula is C12H15Cl2NO. The molecule has 1 aromatic carbocycles. The van der Waals surface area contributed by atoms with E-state index in [1.165, 1.54) is 0 Å². The van der Waals surface area contributed by atoms with Gasteiger partial charge in [-0.15, -0.1) is 11.6 Å². The zero-order chi connectivity index (χ0) is 12.0. The fourth-order valence-corrected chi connectivity index (χ4v) is 1.90. The van der Waals surface area contributed by atoms with E-state index in [-0.39, 0.29) is 11.9 Å². The fourth-order valence-electron chi connectivity index (χ4n) is 1.42. The quantitative estimate of drug-likeness (QED) is 0.807. The minimum absolute atomic E-state index is 0.112. The first kappa shape index (κ1) is 13.3. The van der Waals surface area contributed by atoms with Crippen molar-refractivity contribution in [1.82, 2.24) is 5.32 Å². The largest absolute Gasteiger partial charge is 0.349 e. The summed E-state index contributed by atoms with van der Waals surface area (Å²) in [5.74, 6) is 0.406. The minimum Gasteiger partial charge on any atom is -0.349 e. The van der Waals surface area contributed by atoms with E-state index in [1.54, 1.807) is 24.3 Å². The molecule has 0 fully saturated rings. The van der Waals surface area contributed by atoms with Gasteiger partial charge in [-0.25, -0.2) is 0 Å². The van der Waals surface area contributed by atoms with Crippen molar-refractivity contribution in [1.29, 1.82) is 0 Å². The van der Waals surface area contributed by atoms with Crippen LogP contribution in [-0.4, -0.2) is 17.8 Å². The summed E-state index contributed by atoms with van der Waals surface area (Å²) in [5.41, 5.74) is 0.511. The van der Waals surface area contributed by atoms with Crippen molar-refractivity contribution in [2.45, 2.75) is 25.8 Å². The molecule has 16 heavy (non-hydrogen) atoms. The van der Waals surface area contributed by atoms with E-state index in [2.05, 4.69) is 5.32 Å². The number of carbonyl (C=O) groups excluding carboxylic acids is 1. The number of carbonyl (C=O) groups is 1. The highest BCUT2D eigenvalue weighted by atomic mass is 35.5. The molecule has 0 saturated heterocycles. The smallest absolute Gasteiger partial charge is 0.253 e. The second-order valence-corrected chi connectivity index (χ2v) is 4.32. The summed E-state index contributed by atoms with van der Waals surface area (Å²) in [6, 6.07) is 7.13. The predicted octanol–water partition coefficient (Wildman–Crippen LogP) is 3.48. The van der Waals surface area contributed by atoms with Crippen molar-refractivity contribution in [2.75, 3.05) is 5.88 Å². The summed E-state index contributed by atoms with van der Waals surface area (Å²) < 4.78 is 0. The molecule has 0 spiro atoms.